The fourth-order valence-electron chi connectivity index (χ4n) is 2.13. The Morgan fingerprint density at radius 2 is 1.95 bits per heavy atom. The van der Waals surface area contributed by atoms with Crippen molar-refractivity contribution >= 4 is 11.3 Å². The summed E-state index contributed by atoms with van der Waals surface area (Å²) in [6, 6.07) is 5.65. The number of thiophene rings is 1. The zero-order valence-corrected chi connectivity index (χ0v) is 12.8. The van der Waals surface area contributed by atoms with E-state index < -0.39 is 11.6 Å². The molecule has 20 heavy (non-hydrogen) atoms. The van der Waals surface area contributed by atoms with Gasteiger partial charge in [-0.1, -0.05) is 13.0 Å². The Hall–Kier alpha value is -1.26. The monoisotopic (exact) mass is 295 g/mol. The molecule has 0 saturated heterocycles. The van der Waals surface area contributed by atoms with Gasteiger partial charge in [-0.25, -0.2) is 8.78 Å². The van der Waals surface area contributed by atoms with E-state index in [0.717, 1.165) is 23.9 Å². The van der Waals surface area contributed by atoms with E-state index in [-0.39, 0.29) is 6.04 Å². The number of hydrogen-bond acceptors (Lipinski definition) is 2. The molecule has 0 saturated carbocycles. The second kappa shape index (κ2) is 6.46. The van der Waals surface area contributed by atoms with Gasteiger partial charge in [0.1, 0.15) is 11.6 Å². The van der Waals surface area contributed by atoms with E-state index in [9.17, 15) is 8.78 Å². The lowest BCUT2D eigenvalue weighted by Gasteiger charge is -2.18. The van der Waals surface area contributed by atoms with Crippen LogP contribution in [0.5, 0.6) is 0 Å². The second-order valence-corrected chi connectivity index (χ2v) is 6.23. The third-order valence-electron chi connectivity index (χ3n) is 3.34. The maximum atomic E-state index is 14.0. The lowest BCUT2D eigenvalue weighted by Crippen LogP contribution is -2.23. The summed E-state index contributed by atoms with van der Waals surface area (Å²) in [7, 11) is 0. The van der Waals surface area contributed by atoms with E-state index >= 15 is 0 Å². The van der Waals surface area contributed by atoms with Crippen LogP contribution in [0.15, 0.2) is 24.3 Å². The highest BCUT2D eigenvalue weighted by Crippen LogP contribution is 2.32. The summed E-state index contributed by atoms with van der Waals surface area (Å²) in [5, 5.41) is 3.35. The van der Waals surface area contributed by atoms with Crippen molar-refractivity contribution in [3.8, 4) is 0 Å². The van der Waals surface area contributed by atoms with E-state index in [1.54, 1.807) is 11.3 Å². The summed E-state index contributed by atoms with van der Waals surface area (Å²) in [4.78, 5) is 2.30. The van der Waals surface area contributed by atoms with Gasteiger partial charge in [0.05, 0.1) is 6.04 Å². The van der Waals surface area contributed by atoms with Crippen molar-refractivity contribution in [1.82, 2.24) is 5.32 Å². The minimum atomic E-state index is -0.543. The Balaban J connectivity index is 2.41. The first-order valence-electron chi connectivity index (χ1n) is 6.78. The summed E-state index contributed by atoms with van der Waals surface area (Å²) >= 11 is 1.66. The van der Waals surface area contributed by atoms with E-state index in [0.29, 0.717) is 5.56 Å². The van der Waals surface area contributed by atoms with Crippen LogP contribution < -0.4 is 5.32 Å². The van der Waals surface area contributed by atoms with Crippen molar-refractivity contribution < 1.29 is 8.78 Å². The predicted octanol–water partition coefficient (Wildman–Crippen LogP) is 4.73. The number of halogens is 2. The zero-order valence-electron chi connectivity index (χ0n) is 12.0. The lowest BCUT2D eigenvalue weighted by molar-refractivity contribution is 0.536. The molecular weight excluding hydrogens is 276 g/mol. The van der Waals surface area contributed by atoms with Crippen molar-refractivity contribution in [2.75, 3.05) is 6.54 Å². The van der Waals surface area contributed by atoms with Crippen LogP contribution in [0.3, 0.4) is 0 Å². The first kappa shape index (κ1) is 15.1. The minimum absolute atomic E-state index is 0.215. The molecule has 0 aliphatic heterocycles. The van der Waals surface area contributed by atoms with Crippen molar-refractivity contribution in [2.24, 2.45) is 0 Å². The highest BCUT2D eigenvalue weighted by Gasteiger charge is 2.20. The van der Waals surface area contributed by atoms with Gasteiger partial charge >= 0.3 is 0 Å². The third kappa shape index (κ3) is 3.25. The molecule has 108 valence electrons. The first-order chi connectivity index (χ1) is 9.52. The van der Waals surface area contributed by atoms with Crippen LogP contribution in [0, 0.1) is 25.5 Å². The highest BCUT2D eigenvalue weighted by atomic mass is 32.1. The molecule has 0 amide bonds. The van der Waals surface area contributed by atoms with Gasteiger partial charge < -0.3 is 5.32 Å². The molecule has 0 aliphatic carbocycles. The maximum absolute atomic E-state index is 14.0. The van der Waals surface area contributed by atoms with Gasteiger partial charge in [0.15, 0.2) is 0 Å². The summed E-state index contributed by atoms with van der Waals surface area (Å²) < 4.78 is 27.1. The number of hydrogen-bond donors (Lipinski definition) is 1. The Labute approximate surface area is 122 Å². The summed E-state index contributed by atoms with van der Waals surface area (Å²) in [6.45, 7) is 6.96. The number of nitrogens with one attached hydrogen (secondary N) is 1. The zero-order chi connectivity index (χ0) is 14.7. The lowest BCUT2D eigenvalue weighted by atomic mass is 10.0. The molecule has 1 atom stereocenters. The molecule has 1 nitrogen and oxygen atoms in total. The van der Waals surface area contributed by atoms with Crippen LogP contribution in [0.4, 0.5) is 8.78 Å². The van der Waals surface area contributed by atoms with Crippen LogP contribution >= 0.6 is 11.3 Å². The molecule has 0 radical (unpaired) electrons. The van der Waals surface area contributed by atoms with Crippen LogP contribution in [0.2, 0.25) is 0 Å². The molecule has 0 bridgehead atoms. The molecular formula is C16H19F2NS. The molecule has 0 aliphatic rings. The van der Waals surface area contributed by atoms with Gasteiger partial charge in [-0.15, -0.1) is 11.3 Å². The van der Waals surface area contributed by atoms with Gasteiger partial charge in [-0.2, -0.15) is 0 Å². The van der Waals surface area contributed by atoms with Crippen LogP contribution in [0.25, 0.3) is 0 Å². The number of benzene rings is 1. The summed E-state index contributed by atoms with van der Waals surface area (Å²) in [5.74, 6) is -1.04. The first-order valence-corrected chi connectivity index (χ1v) is 7.59. The average Bonchev–Trinajstić information content (AvgIpc) is 2.72. The minimum Gasteiger partial charge on any atom is -0.306 e. The Kier molecular flexibility index (Phi) is 4.89. The Bertz CT molecular complexity index is 573. The predicted molar refractivity (Wildman–Crippen MR) is 80.3 cm³/mol. The standard InChI is InChI=1S/C16H19F2NS/c1-4-7-19-16(15-8-10(2)11(3)20-15)13-6-5-12(17)9-14(13)18/h5-6,8-9,16,19H,4,7H2,1-3H3. The quantitative estimate of drug-likeness (QED) is 0.840. The Morgan fingerprint density at radius 1 is 1.20 bits per heavy atom. The maximum Gasteiger partial charge on any atom is 0.131 e. The van der Waals surface area contributed by atoms with Gasteiger partial charge in [0.25, 0.3) is 0 Å². The van der Waals surface area contributed by atoms with Crippen molar-refractivity contribution in [2.45, 2.75) is 33.2 Å². The fourth-order valence-corrected chi connectivity index (χ4v) is 3.27. The van der Waals surface area contributed by atoms with Crippen LogP contribution in [-0.4, -0.2) is 6.54 Å². The topological polar surface area (TPSA) is 12.0 Å². The molecule has 4 heteroatoms. The molecule has 1 unspecified atom stereocenters. The van der Waals surface area contributed by atoms with Crippen molar-refractivity contribution in [1.29, 1.82) is 0 Å². The second-order valence-electron chi connectivity index (χ2n) is 4.94. The SMILES string of the molecule is CCCNC(c1cc(C)c(C)s1)c1ccc(F)cc1F. The number of aryl methyl sites for hydroxylation is 2. The van der Waals surface area contributed by atoms with Gasteiger partial charge in [0.2, 0.25) is 0 Å². The average molecular weight is 295 g/mol. The molecule has 0 spiro atoms. The largest absolute Gasteiger partial charge is 0.306 e. The van der Waals surface area contributed by atoms with E-state index in [2.05, 4.69) is 25.2 Å². The van der Waals surface area contributed by atoms with Gasteiger partial charge in [-0.3, -0.25) is 0 Å². The molecule has 1 heterocycles. The van der Waals surface area contributed by atoms with Crippen molar-refractivity contribution in [3.05, 3.63) is 56.8 Å². The third-order valence-corrected chi connectivity index (χ3v) is 4.56. The molecule has 1 N–H and O–H groups in total. The summed E-state index contributed by atoms with van der Waals surface area (Å²) in [6.07, 6.45) is 0.961. The fraction of sp³-hybridized carbons (Fsp3) is 0.375. The number of rotatable bonds is 5. The molecule has 0 fully saturated rings. The normalized spacial score (nSPS) is 12.7. The van der Waals surface area contributed by atoms with E-state index in [1.165, 1.54) is 22.6 Å². The smallest absolute Gasteiger partial charge is 0.131 e. The van der Waals surface area contributed by atoms with E-state index in [1.807, 2.05) is 6.92 Å². The molecule has 2 aromatic rings. The van der Waals surface area contributed by atoms with Crippen LogP contribution in [0.1, 0.15) is 40.3 Å². The van der Waals surface area contributed by atoms with E-state index in [4.69, 9.17) is 0 Å². The van der Waals surface area contributed by atoms with Crippen molar-refractivity contribution in [3.63, 3.8) is 0 Å². The van der Waals surface area contributed by atoms with Gasteiger partial charge in [0, 0.05) is 21.4 Å². The highest BCUT2D eigenvalue weighted by molar-refractivity contribution is 7.12. The molecule has 1 aromatic heterocycles. The molecule has 1 aromatic carbocycles. The summed E-state index contributed by atoms with van der Waals surface area (Å²) in [5.41, 5.74) is 1.71. The van der Waals surface area contributed by atoms with Gasteiger partial charge in [-0.05, 0) is 44.5 Å². The Morgan fingerprint density at radius 3 is 2.50 bits per heavy atom. The van der Waals surface area contributed by atoms with Crippen LogP contribution in [-0.2, 0) is 0 Å². The molecule has 2 rings (SSSR count).